The molecule has 0 saturated heterocycles. The Balaban J connectivity index is 2.44. The van der Waals surface area contributed by atoms with Gasteiger partial charge in [-0.05, 0) is 24.6 Å². The zero-order valence-corrected chi connectivity index (χ0v) is 9.65. The molecule has 0 radical (unpaired) electrons. The van der Waals surface area contributed by atoms with Gasteiger partial charge in [0, 0.05) is 5.56 Å². The molecule has 0 amide bonds. The second-order valence-electron chi connectivity index (χ2n) is 3.72. The van der Waals surface area contributed by atoms with E-state index in [9.17, 15) is 4.79 Å². The molecule has 0 unspecified atom stereocenters. The summed E-state index contributed by atoms with van der Waals surface area (Å²) in [4.78, 5) is 11.4. The van der Waals surface area contributed by atoms with E-state index in [1.54, 1.807) is 12.3 Å². The van der Waals surface area contributed by atoms with Gasteiger partial charge in [-0.2, -0.15) is 5.10 Å². The molecule has 0 atom stereocenters. The molecule has 5 nitrogen and oxygen atoms in total. The fourth-order valence-corrected chi connectivity index (χ4v) is 1.68. The fraction of sp³-hybridized carbons (Fsp3) is 0.167. The Hall–Kier alpha value is -2.30. The summed E-state index contributed by atoms with van der Waals surface area (Å²) in [6.45, 7) is 1.85. The minimum absolute atomic E-state index is 0.341. The van der Waals surface area contributed by atoms with Crippen molar-refractivity contribution < 1.29 is 9.53 Å². The van der Waals surface area contributed by atoms with Crippen molar-refractivity contribution in [1.29, 1.82) is 0 Å². The number of H-pyrrole nitrogens is 1. The number of rotatable bonds is 2. The number of nitrogens with one attached hydrogen (secondary N) is 1. The summed E-state index contributed by atoms with van der Waals surface area (Å²) in [6, 6.07) is 5.40. The van der Waals surface area contributed by atoms with Gasteiger partial charge in [0.15, 0.2) is 0 Å². The maximum atomic E-state index is 11.4. The number of methoxy groups -OCH3 is 1. The minimum Gasteiger partial charge on any atom is -0.465 e. The molecule has 5 heteroatoms. The predicted molar refractivity (Wildman–Crippen MR) is 64.5 cm³/mol. The van der Waals surface area contributed by atoms with Crippen LogP contribution >= 0.6 is 0 Å². The molecule has 3 N–H and O–H groups in total. The second-order valence-corrected chi connectivity index (χ2v) is 3.72. The second kappa shape index (κ2) is 4.29. The van der Waals surface area contributed by atoms with Gasteiger partial charge in [-0.3, -0.25) is 5.10 Å². The number of anilines is 1. The first-order valence-corrected chi connectivity index (χ1v) is 5.11. The lowest BCUT2D eigenvalue weighted by Crippen LogP contribution is -2.03. The van der Waals surface area contributed by atoms with Crippen LogP contribution in [0.15, 0.2) is 24.4 Å². The monoisotopic (exact) mass is 231 g/mol. The van der Waals surface area contributed by atoms with Crippen molar-refractivity contribution in [3.05, 3.63) is 35.5 Å². The van der Waals surface area contributed by atoms with Gasteiger partial charge in [-0.1, -0.05) is 6.07 Å². The third-order valence-corrected chi connectivity index (χ3v) is 2.59. The number of esters is 1. The van der Waals surface area contributed by atoms with Crippen molar-refractivity contribution >= 4 is 11.7 Å². The Kier molecular flexibility index (Phi) is 2.82. The quantitative estimate of drug-likeness (QED) is 0.771. The van der Waals surface area contributed by atoms with Crippen molar-refractivity contribution in [1.82, 2.24) is 10.2 Å². The summed E-state index contributed by atoms with van der Waals surface area (Å²) >= 11 is 0. The van der Waals surface area contributed by atoms with Gasteiger partial charge in [0.1, 0.15) is 0 Å². The molecule has 2 aromatic rings. The Bertz CT molecular complexity index is 561. The number of nitrogens with zero attached hydrogens (tertiary/aromatic N) is 1. The van der Waals surface area contributed by atoms with Crippen LogP contribution in [0.5, 0.6) is 0 Å². The van der Waals surface area contributed by atoms with Gasteiger partial charge in [-0.25, -0.2) is 4.79 Å². The van der Waals surface area contributed by atoms with Gasteiger partial charge < -0.3 is 10.5 Å². The van der Waals surface area contributed by atoms with Crippen LogP contribution in [0.2, 0.25) is 0 Å². The van der Waals surface area contributed by atoms with Gasteiger partial charge in [0.05, 0.1) is 30.3 Å². The third-order valence-electron chi connectivity index (χ3n) is 2.59. The molecule has 17 heavy (non-hydrogen) atoms. The topological polar surface area (TPSA) is 81.0 Å². The van der Waals surface area contributed by atoms with Gasteiger partial charge in [0.2, 0.25) is 0 Å². The highest BCUT2D eigenvalue weighted by molar-refractivity contribution is 5.92. The van der Waals surface area contributed by atoms with Gasteiger partial charge in [-0.15, -0.1) is 0 Å². The minimum atomic E-state index is -0.341. The van der Waals surface area contributed by atoms with Gasteiger partial charge >= 0.3 is 5.97 Å². The SMILES string of the molecule is COC(=O)c1ccc(-c2[nH]ncc2N)cc1C. The summed E-state index contributed by atoms with van der Waals surface area (Å²) in [6.07, 6.45) is 1.55. The first-order chi connectivity index (χ1) is 8.13. The maximum absolute atomic E-state index is 11.4. The molecule has 0 aliphatic carbocycles. The number of carbonyl (C=O) groups is 1. The van der Waals surface area contributed by atoms with E-state index in [0.717, 1.165) is 16.8 Å². The highest BCUT2D eigenvalue weighted by atomic mass is 16.5. The maximum Gasteiger partial charge on any atom is 0.338 e. The average molecular weight is 231 g/mol. The highest BCUT2D eigenvalue weighted by Crippen LogP contribution is 2.25. The van der Waals surface area contributed by atoms with E-state index in [-0.39, 0.29) is 5.97 Å². The molecule has 1 aromatic carbocycles. The van der Waals surface area contributed by atoms with Crippen molar-refractivity contribution in [3.8, 4) is 11.3 Å². The van der Waals surface area contributed by atoms with E-state index < -0.39 is 0 Å². The lowest BCUT2D eigenvalue weighted by molar-refractivity contribution is 0.0600. The molecule has 0 aliphatic heterocycles. The molecule has 0 spiro atoms. The van der Waals surface area contributed by atoms with Crippen molar-refractivity contribution in [2.24, 2.45) is 0 Å². The largest absolute Gasteiger partial charge is 0.465 e. The van der Waals surface area contributed by atoms with E-state index in [0.29, 0.717) is 11.3 Å². The number of hydrogen-bond donors (Lipinski definition) is 2. The Morgan fingerprint density at radius 2 is 2.24 bits per heavy atom. The number of aromatic amines is 1. The number of hydrogen-bond acceptors (Lipinski definition) is 4. The molecular weight excluding hydrogens is 218 g/mol. The highest BCUT2D eigenvalue weighted by Gasteiger charge is 2.11. The molecule has 1 heterocycles. The molecule has 88 valence electrons. The van der Waals surface area contributed by atoms with E-state index >= 15 is 0 Å². The predicted octanol–water partition coefficient (Wildman–Crippen LogP) is 1.75. The van der Waals surface area contributed by atoms with Crippen LogP contribution in [0.25, 0.3) is 11.3 Å². The molecule has 1 aromatic heterocycles. The molecule has 0 saturated carbocycles. The first kappa shape index (κ1) is 11.2. The number of aromatic nitrogens is 2. The number of ether oxygens (including phenoxy) is 1. The lowest BCUT2D eigenvalue weighted by Gasteiger charge is -2.06. The average Bonchev–Trinajstić information content (AvgIpc) is 2.74. The summed E-state index contributed by atoms with van der Waals surface area (Å²) in [5, 5.41) is 6.68. The summed E-state index contributed by atoms with van der Waals surface area (Å²) < 4.78 is 4.69. The number of nitrogen functional groups attached to an aromatic ring is 1. The Morgan fingerprint density at radius 1 is 1.47 bits per heavy atom. The van der Waals surface area contributed by atoms with E-state index in [4.69, 9.17) is 5.73 Å². The van der Waals surface area contributed by atoms with Crippen LogP contribution in [0, 0.1) is 6.92 Å². The first-order valence-electron chi connectivity index (χ1n) is 5.11. The molecule has 0 bridgehead atoms. The smallest absolute Gasteiger partial charge is 0.338 e. The van der Waals surface area contributed by atoms with Crippen LogP contribution < -0.4 is 5.73 Å². The number of nitrogens with two attached hydrogens (primary N) is 1. The van der Waals surface area contributed by atoms with Crippen molar-refractivity contribution in [3.63, 3.8) is 0 Å². The fourth-order valence-electron chi connectivity index (χ4n) is 1.68. The summed E-state index contributed by atoms with van der Waals surface area (Å²) in [5.74, 6) is -0.341. The molecule has 0 fully saturated rings. The number of aryl methyl sites for hydroxylation is 1. The van der Waals surface area contributed by atoms with Crippen molar-refractivity contribution in [2.45, 2.75) is 6.92 Å². The van der Waals surface area contributed by atoms with E-state index in [1.807, 2.05) is 19.1 Å². The number of benzene rings is 1. The van der Waals surface area contributed by atoms with Crippen LogP contribution in [0.3, 0.4) is 0 Å². The number of carbonyl (C=O) groups excluding carboxylic acids is 1. The van der Waals surface area contributed by atoms with Gasteiger partial charge in [0.25, 0.3) is 0 Å². The van der Waals surface area contributed by atoms with Crippen LogP contribution in [-0.4, -0.2) is 23.3 Å². The van der Waals surface area contributed by atoms with E-state index in [1.165, 1.54) is 7.11 Å². The third kappa shape index (κ3) is 1.99. The summed E-state index contributed by atoms with van der Waals surface area (Å²) in [7, 11) is 1.36. The van der Waals surface area contributed by atoms with E-state index in [2.05, 4.69) is 14.9 Å². The van der Waals surface area contributed by atoms with Crippen molar-refractivity contribution in [2.75, 3.05) is 12.8 Å². The molecular formula is C12H13N3O2. The zero-order chi connectivity index (χ0) is 12.4. The molecule has 0 aliphatic rings. The molecule has 2 rings (SSSR count). The standard InChI is InChI=1S/C12H13N3O2/c1-7-5-8(11-10(13)6-14-15-11)3-4-9(7)12(16)17-2/h3-6H,13H2,1-2H3,(H,14,15). The Morgan fingerprint density at radius 3 is 2.76 bits per heavy atom. The Labute approximate surface area is 98.6 Å². The van der Waals surface area contributed by atoms with Crippen LogP contribution in [0.1, 0.15) is 15.9 Å². The lowest BCUT2D eigenvalue weighted by atomic mass is 10.0. The zero-order valence-electron chi connectivity index (χ0n) is 9.65. The normalized spacial score (nSPS) is 10.2. The van der Waals surface area contributed by atoms with Crippen LogP contribution in [-0.2, 0) is 4.74 Å². The van der Waals surface area contributed by atoms with Crippen LogP contribution in [0.4, 0.5) is 5.69 Å². The summed E-state index contributed by atoms with van der Waals surface area (Å²) in [5.41, 5.74) is 9.37.